The third kappa shape index (κ3) is 3.30. The number of rotatable bonds is 5. The molecule has 0 bridgehead atoms. The van der Waals surface area contributed by atoms with Gasteiger partial charge in [-0.1, -0.05) is 11.6 Å². The first-order valence-electron chi connectivity index (χ1n) is 6.17. The Morgan fingerprint density at radius 2 is 2.05 bits per heavy atom. The van der Waals surface area contributed by atoms with Gasteiger partial charge < -0.3 is 14.4 Å². The normalized spacial score (nSPS) is 10.8. The highest BCUT2D eigenvalue weighted by Crippen LogP contribution is 2.18. The lowest BCUT2D eigenvalue weighted by Gasteiger charge is -2.07. The predicted octanol–water partition coefficient (Wildman–Crippen LogP) is 3.39. The van der Waals surface area contributed by atoms with Crippen LogP contribution < -0.4 is 4.74 Å². The van der Waals surface area contributed by atoms with Crippen LogP contribution in [0.1, 0.15) is 36.2 Å². The van der Waals surface area contributed by atoms with Crippen molar-refractivity contribution in [3.8, 4) is 5.75 Å². The van der Waals surface area contributed by atoms with Gasteiger partial charge in [0.2, 0.25) is 5.82 Å². The summed E-state index contributed by atoms with van der Waals surface area (Å²) in [5.74, 6) is -0.364. The average Bonchev–Trinajstić information content (AvgIpc) is 2.83. The van der Waals surface area contributed by atoms with Gasteiger partial charge in [0.05, 0.1) is 5.69 Å². The number of halogens is 1. The standard InChI is InChI=1S/C14H15ClN2O3/c1-9(2)17-7-11(16-13(17)14(18)19)8-20-12-5-3-10(15)4-6-12/h3-7,9H,8H2,1-2H3,(H,18,19). The second kappa shape index (κ2) is 5.96. The molecular weight excluding hydrogens is 280 g/mol. The zero-order valence-corrected chi connectivity index (χ0v) is 12.0. The molecule has 0 unspecified atom stereocenters. The number of aromatic carboxylic acids is 1. The number of benzene rings is 1. The van der Waals surface area contributed by atoms with Crippen molar-refractivity contribution in [1.82, 2.24) is 9.55 Å². The van der Waals surface area contributed by atoms with Crippen molar-refractivity contribution in [2.45, 2.75) is 26.5 Å². The summed E-state index contributed by atoms with van der Waals surface area (Å²) in [5, 5.41) is 9.74. The number of imidazole rings is 1. The molecule has 2 aromatic rings. The Morgan fingerprint density at radius 3 is 2.55 bits per heavy atom. The highest BCUT2D eigenvalue weighted by Gasteiger charge is 2.16. The summed E-state index contributed by atoms with van der Waals surface area (Å²) in [6.07, 6.45) is 1.70. The minimum Gasteiger partial charge on any atom is -0.487 e. The summed E-state index contributed by atoms with van der Waals surface area (Å²) < 4.78 is 7.16. The number of ether oxygens (including phenoxy) is 1. The fraction of sp³-hybridized carbons (Fsp3) is 0.286. The van der Waals surface area contributed by atoms with Gasteiger partial charge in [-0.05, 0) is 38.1 Å². The molecule has 0 amide bonds. The van der Waals surface area contributed by atoms with Crippen LogP contribution in [0.2, 0.25) is 5.02 Å². The van der Waals surface area contributed by atoms with E-state index >= 15 is 0 Å². The van der Waals surface area contributed by atoms with Crippen LogP contribution in [0.15, 0.2) is 30.5 Å². The van der Waals surface area contributed by atoms with Crippen LogP contribution in [0.3, 0.4) is 0 Å². The molecule has 2 rings (SSSR count). The first-order valence-corrected chi connectivity index (χ1v) is 6.54. The van der Waals surface area contributed by atoms with E-state index < -0.39 is 5.97 Å². The van der Waals surface area contributed by atoms with Crippen LogP contribution in [-0.4, -0.2) is 20.6 Å². The largest absolute Gasteiger partial charge is 0.487 e. The number of aromatic nitrogens is 2. The third-order valence-electron chi connectivity index (χ3n) is 2.73. The smallest absolute Gasteiger partial charge is 0.372 e. The predicted molar refractivity (Wildman–Crippen MR) is 75.4 cm³/mol. The lowest BCUT2D eigenvalue weighted by molar-refractivity contribution is 0.0676. The zero-order chi connectivity index (χ0) is 14.7. The molecule has 0 saturated carbocycles. The molecule has 0 radical (unpaired) electrons. The van der Waals surface area contributed by atoms with Crippen molar-refractivity contribution in [1.29, 1.82) is 0 Å². The second-order valence-corrected chi connectivity index (χ2v) is 5.04. The Bertz CT molecular complexity index is 605. The van der Waals surface area contributed by atoms with Crippen LogP contribution in [0.4, 0.5) is 0 Å². The fourth-order valence-electron chi connectivity index (χ4n) is 1.75. The van der Waals surface area contributed by atoms with Crippen molar-refractivity contribution in [3.63, 3.8) is 0 Å². The van der Waals surface area contributed by atoms with E-state index in [1.807, 2.05) is 13.8 Å². The van der Waals surface area contributed by atoms with Gasteiger partial charge in [0, 0.05) is 17.3 Å². The molecule has 0 aliphatic rings. The summed E-state index contributed by atoms with van der Waals surface area (Å²) >= 11 is 5.79. The van der Waals surface area contributed by atoms with Gasteiger partial charge in [0.25, 0.3) is 0 Å². The average molecular weight is 295 g/mol. The van der Waals surface area contributed by atoms with Gasteiger partial charge in [-0.15, -0.1) is 0 Å². The maximum absolute atomic E-state index is 11.1. The molecule has 0 saturated heterocycles. The van der Waals surface area contributed by atoms with Crippen LogP contribution >= 0.6 is 11.6 Å². The minimum absolute atomic E-state index is 0.0229. The number of carboxylic acid groups (broad SMARTS) is 1. The van der Waals surface area contributed by atoms with Gasteiger partial charge in [-0.3, -0.25) is 0 Å². The monoisotopic (exact) mass is 294 g/mol. The first-order chi connectivity index (χ1) is 9.47. The molecule has 6 heteroatoms. The summed E-state index contributed by atoms with van der Waals surface area (Å²) in [7, 11) is 0. The topological polar surface area (TPSA) is 64.4 Å². The summed E-state index contributed by atoms with van der Waals surface area (Å²) in [6, 6.07) is 6.98. The Balaban J connectivity index is 2.12. The lowest BCUT2D eigenvalue weighted by atomic mass is 10.3. The summed E-state index contributed by atoms with van der Waals surface area (Å²) in [4.78, 5) is 15.2. The van der Waals surface area contributed by atoms with Crippen LogP contribution in [0, 0.1) is 0 Å². The van der Waals surface area contributed by atoms with Crippen molar-refractivity contribution in [2.24, 2.45) is 0 Å². The number of hydrogen-bond acceptors (Lipinski definition) is 3. The second-order valence-electron chi connectivity index (χ2n) is 4.60. The molecule has 1 aromatic carbocycles. The molecule has 1 N–H and O–H groups in total. The van der Waals surface area contributed by atoms with E-state index in [0.717, 1.165) is 0 Å². The van der Waals surface area contributed by atoms with Crippen LogP contribution in [0.25, 0.3) is 0 Å². The minimum atomic E-state index is -1.04. The number of carbonyl (C=O) groups is 1. The number of hydrogen-bond donors (Lipinski definition) is 1. The van der Waals surface area contributed by atoms with E-state index in [0.29, 0.717) is 16.5 Å². The third-order valence-corrected chi connectivity index (χ3v) is 2.98. The Morgan fingerprint density at radius 1 is 1.40 bits per heavy atom. The molecule has 5 nitrogen and oxygen atoms in total. The molecule has 106 valence electrons. The highest BCUT2D eigenvalue weighted by atomic mass is 35.5. The number of nitrogens with zero attached hydrogens (tertiary/aromatic N) is 2. The van der Waals surface area contributed by atoms with E-state index in [9.17, 15) is 4.79 Å². The fourth-order valence-corrected chi connectivity index (χ4v) is 1.88. The zero-order valence-electron chi connectivity index (χ0n) is 11.2. The highest BCUT2D eigenvalue weighted by molar-refractivity contribution is 6.30. The van der Waals surface area contributed by atoms with Crippen molar-refractivity contribution in [2.75, 3.05) is 0 Å². The summed E-state index contributed by atoms with van der Waals surface area (Å²) in [5.41, 5.74) is 0.575. The van der Waals surface area contributed by atoms with E-state index in [4.69, 9.17) is 21.4 Å². The van der Waals surface area contributed by atoms with Gasteiger partial charge >= 0.3 is 5.97 Å². The van der Waals surface area contributed by atoms with E-state index in [-0.39, 0.29) is 18.5 Å². The van der Waals surface area contributed by atoms with Gasteiger partial charge in [-0.2, -0.15) is 0 Å². The van der Waals surface area contributed by atoms with E-state index in [1.54, 1.807) is 35.0 Å². The SMILES string of the molecule is CC(C)n1cc(COc2ccc(Cl)cc2)nc1C(=O)O. The van der Waals surface area contributed by atoms with Crippen LogP contribution in [-0.2, 0) is 6.61 Å². The van der Waals surface area contributed by atoms with Crippen LogP contribution in [0.5, 0.6) is 5.75 Å². The summed E-state index contributed by atoms with van der Waals surface area (Å²) in [6.45, 7) is 4.01. The molecule has 0 aliphatic carbocycles. The molecule has 1 aromatic heterocycles. The van der Waals surface area contributed by atoms with Gasteiger partial charge in [-0.25, -0.2) is 9.78 Å². The maximum Gasteiger partial charge on any atom is 0.372 e. The van der Waals surface area contributed by atoms with Crippen molar-refractivity contribution < 1.29 is 14.6 Å². The molecule has 0 atom stereocenters. The molecule has 0 spiro atoms. The molecule has 20 heavy (non-hydrogen) atoms. The Labute approximate surface area is 121 Å². The number of carboxylic acids is 1. The Hall–Kier alpha value is -2.01. The molecule has 0 fully saturated rings. The maximum atomic E-state index is 11.1. The first kappa shape index (κ1) is 14.4. The van der Waals surface area contributed by atoms with Gasteiger partial charge in [0.1, 0.15) is 12.4 Å². The lowest BCUT2D eigenvalue weighted by Crippen LogP contribution is -2.10. The quantitative estimate of drug-likeness (QED) is 0.918. The molecule has 0 aliphatic heterocycles. The molecular formula is C14H15ClN2O3. The van der Waals surface area contributed by atoms with E-state index in [1.165, 1.54) is 0 Å². The van der Waals surface area contributed by atoms with Crippen molar-refractivity contribution in [3.05, 3.63) is 47.0 Å². The van der Waals surface area contributed by atoms with Crippen molar-refractivity contribution >= 4 is 17.6 Å². The molecule has 1 heterocycles. The van der Waals surface area contributed by atoms with Gasteiger partial charge in [0.15, 0.2) is 0 Å². The Kier molecular flexibility index (Phi) is 4.29. The van der Waals surface area contributed by atoms with E-state index in [2.05, 4.69) is 4.98 Å².